The lowest BCUT2D eigenvalue weighted by atomic mass is 9.72. The predicted molar refractivity (Wildman–Crippen MR) is 366 cm³/mol. The van der Waals surface area contributed by atoms with Crippen molar-refractivity contribution in [2.75, 3.05) is 6.54 Å². The number of hydrogen-bond acceptors (Lipinski definition) is 3. The summed E-state index contributed by atoms with van der Waals surface area (Å²) in [5, 5.41) is 3.05. The average molecular weight is 1140 g/mol. The van der Waals surface area contributed by atoms with Gasteiger partial charge in [-0.1, -0.05) is 310 Å². The Labute approximate surface area is 514 Å². The quantitative estimate of drug-likeness (QED) is 0.0375. The van der Waals surface area contributed by atoms with E-state index in [1.807, 2.05) is 38.2 Å². The van der Waals surface area contributed by atoms with E-state index in [1.54, 1.807) is 12.2 Å². The maximum Gasteiger partial charge on any atom is 0.244 e. The van der Waals surface area contributed by atoms with Crippen molar-refractivity contribution in [2.24, 2.45) is 16.7 Å². The van der Waals surface area contributed by atoms with Crippen LogP contribution in [-0.4, -0.2) is 24.0 Å². The molecule has 0 spiro atoms. The van der Waals surface area contributed by atoms with Gasteiger partial charge in [0.2, 0.25) is 5.91 Å². The molecule has 0 saturated heterocycles. The molecular weight excluding hydrogens is 1010 g/mol. The molecule has 0 radical (unpaired) electrons. The lowest BCUT2D eigenvalue weighted by Gasteiger charge is -2.33. The number of Topliss-reactive ketones (excluding diaryl/α,β-unsaturated/α-hetero) is 1. The molecule has 1 unspecified atom stereocenters. The zero-order valence-electron chi connectivity index (χ0n) is 56.4. The second kappa shape index (κ2) is 47.4. The fourth-order valence-corrected chi connectivity index (χ4v) is 12.8. The second-order valence-electron chi connectivity index (χ2n) is 27.5. The van der Waals surface area contributed by atoms with E-state index in [-0.39, 0.29) is 40.6 Å². The molecule has 0 aromatic heterocycles. The van der Waals surface area contributed by atoms with E-state index in [2.05, 4.69) is 104 Å². The maximum atomic E-state index is 13.8. The fourth-order valence-electron chi connectivity index (χ4n) is 12.8. The number of ketones is 2. The highest BCUT2D eigenvalue weighted by molar-refractivity contribution is 5.94. The Hall–Kier alpha value is -3.79. The summed E-state index contributed by atoms with van der Waals surface area (Å²) < 4.78 is 0. The number of unbranched alkanes of at least 4 members (excludes halogenated alkanes) is 30. The van der Waals surface area contributed by atoms with E-state index in [4.69, 9.17) is 0 Å². The zero-order valence-corrected chi connectivity index (χ0v) is 56.4. The average Bonchev–Trinajstić information content (AvgIpc) is 3.50. The third kappa shape index (κ3) is 38.8. The summed E-state index contributed by atoms with van der Waals surface area (Å²) in [5.41, 5.74) is 10.5. The van der Waals surface area contributed by atoms with Crippen LogP contribution >= 0.6 is 0 Å². The molecule has 0 bridgehead atoms. The molecular formula is C79H131NO3. The summed E-state index contributed by atoms with van der Waals surface area (Å²) in [5.74, 6) is -0.171. The van der Waals surface area contributed by atoms with Gasteiger partial charge in [-0.15, -0.1) is 0 Å². The van der Waals surface area contributed by atoms with Crippen molar-refractivity contribution in [3.63, 3.8) is 0 Å². The van der Waals surface area contributed by atoms with Crippen molar-refractivity contribution in [3.8, 4) is 0 Å². The van der Waals surface area contributed by atoms with Gasteiger partial charge >= 0.3 is 0 Å². The van der Waals surface area contributed by atoms with Gasteiger partial charge in [0.25, 0.3) is 0 Å². The fraction of sp³-hybridized carbons (Fsp3) is 0.709. The van der Waals surface area contributed by atoms with Crippen LogP contribution in [0.4, 0.5) is 0 Å². The van der Waals surface area contributed by atoms with Crippen LogP contribution in [0.2, 0.25) is 0 Å². The van der Waals surface area contributed by atoms with Crippen molar-refractivity contribution < 1.29 is 14.4 Å². The Morgan fingerprint density at radius 3 is 1.19 bits per heavy atom. The number of rotatable bonds is 49. The van der Waals surface area contributed by atoms with Crippen molar-refractivity contribution in [1.82, 2.24) is 5.32 Å². The topological polar surface area (TPSA) is 63.2 Å². The number of nitrogens with one attached hydrogen (secondary N) is 1. The smallest absolute Gasteiger partial charge is 0.244 e. The monoisotopic (exact) mass is 1140 g/mol. The molecule has 0 aromatic rings. The normalized spacial score (nSPS) is 16.9. The van der Waals surface area contributed by atoms with E-state index >= 15 is 0 Å². The molecule has 1 N–H and O–H groups in total. The number of carbonyl (C=O) groups excluding carboxylic acids is 3. The highest BCUT2D eigenvalue weighted by atomic mass is 16.1. The Morgan fingerprint density at radius 1 is 0.458 bits per heavy atom. The third-order valence-corrected chi connectivity index (χ3v) is 18.3. The highest BCUT2D eigenvalue weighted by Crippen LogP contribution is 2.42. The minimum Gasteiger partial charge on any atom is -0.353 e. The molecule has 1 atom stereocenters. The number of allylic oxidation sites excluding steroid dienone is 19. The molecule has 2 aliphatic rings. The van der Waals surface area contributed by atoms with Crippen molar-refractivity contribution in [1.29, 1.82) is 0 Å². The Kier molecular flexibility index (Phi) is 43.0. The van der Waals surface area contributed by atoms with E-state index in [1.165, 1.54) is 252 Å². The van der Waals surface area contributed by atoms with Crippen LogP contribution in [-0.2, 0) is 14.4 Å². The SMILES string of the molecule is CCCCCCCCCCCCCCCCCCCCCCCCCCCCCCCCC(=O)C(CCCCNC(=O)C=C(C)C=CC=C(C)C=CC1=C(C)CCCC1(C)C)CC(=O)C=C(C)C=CC=C(C)C=CC1=C(C)CCCC1(C)C. The zero-order chi connectivity index (χ0) is 60.8. The Balaban J connectivity index is 1.71. The Bertz CT molecular complexity index is 2120. The van der Waals surface area contributed by atoms with Crippen molar-refractivity contribution in [2.45, 2.75) is 339 Å². The van der Waals surface area contributed by atoms with Gasteiger partial charge in [0.05, 0.1) is 0 Å². The minimum atomic E-state index is -0.294. The lowest BCUT2D eigenvalue weighted by Crippen LogP contribution is -2.23. The van der Waals surface area contributed by atoms with Crippen LogP contribution in [0.3, 0.4) is 0 Å². The van der Waals surface area contributed by atoms with E-state index in [9.17, 15) is 14.4 Å². The predicted octanol–water partition coefficient (Wildman–Crippen LogP) is 24.6. The first-order valence-corrected chi connectivity index (χ1v) is 35.1. The van der Waals surface area contributed by atoms with Crippen LogP contribution in [0.5, 0.6) is 0 Å². The first-order chi connectivity index (χ1) is 39.9. The summed E-state index contributed by atoms with van der Waals surface area (Å²) in [6.07, 6.45) is 76.3. The first kappa shape index (κ1) is 75.3. The van der Waals surface area contributed by atoms with Crippen LogP contribution < -0.4 is 5.32 Å². The second-order valence-corrected chi connectivity index (χ2v) is 27.5. The van der Waals surface area contributed by atoms with Crippen molar-refractivity contribution >= 4 is 17.5 Å². The van der Waals surface area contributed by atoms with Gasteiger partial charge in [0.1, 0.15) is 5.78 Å². The molecule has 0 aromatic carbocycles. The van der Waals surface area contributed by atoms with E-state index in [0.29, 0.717) is 19.4 Å². The molecule has 0 aliphatic heterocycles. The van der Waals surface area contributed by atoms with Gasteiger partial charge in [0, 0.05) is 31.4 Å². The largest absolute Gasteiger partial charge is 0.353 e. The molecule has 0 heterocycles. The van der Waals surface area contributed by atoms with Crippen LogP contribution in [0, 0.1) is 16.7 Å². The molecule has 2 aliphatic carbocycles. The van der Waals surface area contributed by atoms with Gasteiger partial charge in [-0.25, -0.2) is 0 Å². The first-order valence-electron chi connectivity index (χ1n) is 35.1. The summed E-state index contributed by atoms with van der Waals surface area (Å²) in [7, 11) is 0. The molecule has 0 saturated carbocycles. The molecule has 0 fully saturated rings. The summed E-state index contributed by atoms with van der Waals surface area (Å²) in [6.45, 7) is 24.9. The highest BCUT2D eigenvalue weighted by Gasteiger charge is 2.27. The number of carbonyl (C=O) groups is 3. The lowest BCUT2D eigenvalue weighted by molar-refractivity contribution is -0.126. The van der Waals surface area contributed by atoms with Crippen LogP contribution in [0.25, 0.3) is 0 Å². The minimum absolute atomic E-state index is 0.0115. The number of hydrogen-bond donors (Lipinski definition) is 1. The van der Waals surface area contributed by atoms with Crippen LogP contribution in [0.1, 0.15) is 339 Å². The maximum absolute atomic E-state index is 13.8. The van der Waals surface area contributed by atoms with Crippen molar-refractivity contribution in [3.05, 3.63) is 117 Å². The molecule has 470 valence electrons. The molecule has 1 amide bonds. The van der Waals surface area contributed by atoms with E-state index < -0.39 is 0 Å². The molecule has 4 nitrogen and oxygen atoms in total. The summed E-state index contributed by atoms with van der Waals surface area (Å²) in [4.78, 5) is 40.1. The van der Waals surface area contributed by atoms with E-state index in [0.717, 1.165) is 36.8 Å². The molecule has 4 heteroatoms. The summed E-state index contributed by atoms with van der Waals surface area (Å²) >= 11 is 0. The van der Waals surface area contributed by atoms with Gasteiger partial charge in [-0.2, -0.15) is 0 Å². The van der Waals surface area contributed by atoms with Gasteiger partial charge < -0.3 is 5.32 Å². The summed E-state index contributed by atoms with van der Waals surface area (Å²) in [6, 6.07) is 0. The standard InChI is InChI=1S/C79H131NO3/c1-12-13-14-15-16-17-18-19-20-21-22-23-24-25-26-27-28-29-30-31-32-33-34-35-36-37-38-39-40-41-55-76(82)72(65-73(81)63-68(4)50-44-48-66(2)56-58-74-70(6)52-46-60-78(74,8)9)54-42-43-62-80-77(83)64-69(5)51-45-49-67(3)57-59-75-71(7)53-47-61-79(75,10)11/h44-45,48-51,56-59,63-64,72H,12-43,46-47,52-55,60-62,65H2,1-11H3,(H,80,83). The van der Waals surface area contributed by atoms with Crippen LogP contribution in [0.15, 0.2) is 117 Å². The van der Waals surface area contributed by atoms with Gasteiger partial charge in [0.15, 0.2) is 5.78 Å². The Morgan fingerprint density at radius 2 is 0.819 bits per heavy atom. The molecule has 2 rings (SSSR count). The number of amides is 1. The third-order valence-electron chi connectivity index (χ3n) is 18.3. The molecule has 83 heavy (non-hydrogen) atoms. The van der Waals surface area contributed by atoms with Gasteiger partial charge in [-0.05, 0) is 139 Å². The van der Waals surface area contributed by atoms with Gasteiger partial charge in [-0.3, -0.25) is 14.4 Å².